The fourth-order valence-corrected chi connectivity index (χ4v) is 5.41. The molecule has 0 aromatic carbocycles. The first-order chi connectivity index (χ1) is 12.7. The van der Waals surface area contributed by atoms with Crippen LogP contribution >= 0.6 is 23.2 Å². The number of aromatic amines is 1. The van der Waals surface area contributed by atoms with Gasteiger partial charge in [-0.15, -0.1) is 0 Å². The van der Waals surface area contributed by atoms with Crippen molar-refractivity contribution >= 4 is 23.2 Å². The predicted molar refractivity (Wildman–Crippen MR) is 85.7 cm³/mol. The van der Waals surface area contributed by atoms with Crippen molar-refractivity contribution in [3.63, 3.8) is 0 Å². The molecule has 1 fully saturated rings. The third-order valence-corrected chi connectivity index (χ3v) is 7.04. The van der Waals surface area contributed by atoms with Crippen LogP contribution in [0.15, 0.2) is 21.9 Å². The quantitative estimate of drug-likeness (QED) is 0.239. The Balaban J connectivity index is 1.98. The second-order valence-corrected chi connectivity index (χ2v) is 10.1. The van der Waals surface area contributed by atoms with E-state index in [-0.39, 0.29) is 6.42 Å². The third kappa shape index (κ3) is 6.81. The Hall–Kier alpha value is -0.990. The van der Waals surface area contributed by atoms with E-state index >= 15 is 0 Å². The molecule has 1 aromatic heterocycles. The van der Waals surface area contributed by atoms with Gasteiger partial charge in [-0.2, -0.15) is 4.31 Å². The highest BCUT2D eigenvalue weighted by Gasteiger charge is 2.42. The molecular weight excluding hydrogens is 453 g/mol. The maximum Gasteiger partial charge on any atom is 0.488 e. The number of hydrogen-bond acceptors (Lipinski definition) is 10. The van der Waals surface area contributed by atoms with Crippen LogP contribution in [0, 0.1) is 0 Å². The fraction of sp³-hybridized carbons (Fsp3) is 0.556. The molecule has 0 bridgehead atoms. The summed E-state index contributed by atoms with van der Waals surface area (Å²) in [5.41, 5.74) is -1.59. The van der Waals surface area contributed by atoms with Crippen molar-refractivity contribution in [1.29, 1.82) is 0 Å². The summed E-state index contributed by atoms with van der Waals surface area (Å²) in [5.74, 6) is 0. The van der Waals surface area contributed by atoms with Gasteiger partial charge in [-0.05, 0) is 0 Å². The van der Waals surface area contributed by atoms with Crippen LogP contribution in [0.5, 0.6) is 0 Å². The van der Waals surface area contributed by atoms with Gasteiger partial charge >= 0.3 is 28.9 Å². The molecule has 0 saturated carbocycles. The number of ether oxygens (including phenoxy) is 2. The number of aliphatic hydroxyl groups is 1. The lowest BCUT2D eigenvalue weighted by atomic mass is 10.2. The SMILES string of the molecule is O=c1ccn([C@@H]2O[C@H](OCP(=O)(O)OP(=O)(O)OP(=O)(O)O)C[C@@H]2O)c(=O)[nH]1. The maximum absolute atomic E-state index is 11.7. The molecule has 2 heterocycles. The molecule has 16 nitrogen and oxygen atoms in total. The number of nitrogens with zero attached hydrogens (tertiary/aromatic N) is 1. The number of aliphatic hydroxyl groups excluding tert-OH is 1. The molecule has 28 heavy (non-hydrogen) atoms. The number of hydrogen-bond donors (Lipinski definition) is 6. The summed E-state index contributed by atoms with van der Waals surface area (Å²) in [7, 11) is -16.2. The Morgan fingerprint density at radius 3 is 2.39 bits per heavy atom. The van der Waals surface area contributed by atoms with Crippen LogP contribution in [0.1, 0.15) is 12.6 Å². The van der Waals surface area contributed by atoms with Gasteiger partial charge in [-0.3, -0.25) is 18.9 Å². The van der Waals surface area contributed by atoms with Crippen molar-refractivity contribution in [1.82, 2.24) is 9.55 Å². The number of rotatable bonds is 8. The van der Waals surface area contributed by atoms with Crippen LogP contribution in [0.2, 0.25) is 0 Å². The lowest BCUT2D eigenvalue weighted by Crippen LogP contribution is -2.34. The van der Waals surface area contributed by atoms with Crippen LogP contribution in [-0.4, -0.2) is 53.0 Å². The van der Waals surface area contributed by atoms with Gasteiger partial charge < -0.3 is 34.2 Å². The Bertz CT molecular complexity index is 965. The maximum atomic E-state index is 11.7. The van der Waals surface area contributed by atoms with E-state index in [0.717, 1.165) is 16.8 Å². The molecule has 1 aliphatic rings. The zero-order valence-electron chi connectivity index (χ0n) is 13.5. The lowest BCUT2D eigenvalue weighted by molar-refractivity contribution is -0.147. The zero-order valence-corrected chi connectivity index (χ0v) is 16.2. The average molecular weight is 468 g/mol. The van der Waals surface area contributed by atoms with Crippen LogP contribution in [0.25, 0.3) is 0 Å². The van der Waals surface area contributed by atoms with Crippen LogP contribution in [0.3, 0.4) is 0 Å². The minimum atomic E-state index is -5.61. The monoisotopic (exact) mass is 468 g/mol. The molecule has 1 aliphatic heterocycles. The topological polar surface area (TPSA) is 244 Å². The summed E-state index contributed by atoms with van der Waals surface area (Å²) in [6.45, 7) is 0. The number of nitrogens with one attached hydrogen (secondary N) is 1. The summed E-state index contributed by atoms with van der Waals surface area (Å²) in [6, 6.07) is 0.987. The predicted octanol–water partition coefficient (Wildman–Crippen LogP) is -1.47. The van der Waals surface area contributed by atoms with Crippen LogP contribution in [-0.2, 0) is 31.8 Å². The minimum Gasteiger partial charge on any atom is -0.388 e. The molecule has 0 amide bonds. The van der Waals surface area contributed by atoms with Crippen molar-refractivity contribution < 1.29 is 56.5 Å². The Morgan fingerprint density at radius 2 is 1.82 bits per heavy atom. The van der Waals surface area contributed by atoms with E-state index in [9.17, 15) is 33.3 Å². The highest BCUT2D eigenvalue weighted by atomic mass is 31.3. The Kier molecular flexibility index (Phi) is 6.99. The summed E-state index contributed by atoms with van der Waals surface area (Å²) in [6.07, 6.45) is -4.55. The molecule has 5 atom stereocenters. The summed E-state index contributed by atoms with van der Waals surface area (Å²) >= 11 is 0. The van der Waals surface area contributed by atoms with Gasteiger partial charge in [-0.25, -0.2) is 18.2 Å². The largest absolute Gasteiger partial charge is 0.488 e. The first kappa shape index (κ1) is 23.3. The number of aromatic nitrogens is 2. The minimum absolute atomic E-state index is 0.300. The molecule has 19 heteroatoms. The zero-order chi connectivity index (χ0) is 21.3. The van der Waals surface area contributed by atoms with E-state index in [2.05, 4.69) is 8.62 Å². The Morgan fingerprint density at radius 1 is 1.18 bits per heavy atom. The van der Waals surface area contributed by atoms with E-state index in [0.29, 0.717) is 0 Å². The Labute approximate surface area is 154 Å². The third-order valence-electron chi connectivity index (χ3n) is 3.04. The average Bonchev–Trinajstić information content (AvgIpc) is 2.82. The standard InChI is InChI=1S/C9H15N2O14P3/c12-5-3-7(23-8(5)11-2-1-6(13)10-9(11)14)22-4-26(15,16)24-28(20,21)25-27(17,18)19/h1-2,5,7-8,12H,3-4H2,(H,15,16)(H,20,21)(H,10,13,14)(H2,17,18,19)/t5-,7-,8+/m0/s1. The smallest absolute Gasteiger partial charge is 0.388 e. The second-order valence-electron chi connectivity index (χ2n) is 5.33. The van der Waals surface area contributed by atoms with E-state index in [1.54, 1.807) is 0 Å². The van der Waals surface area contributed by atoms with E-state index in [4.69, 9.17) is 24.2 Å². The van der Waals surface area contributed by atoms with Crippen molar-refractivity contribution in [2.24, 2.45) is 0 Å². The van der Waals surface area contributed by atoms with Gasteiger partial charge in [0.25, 0.3) is 5.56 Å². The summed E-state index contributed by atoms with van der Waals surface area (Å²) < 4.78 is 51.6. The normalized spacial score (nSPS) is 27.2. The van der Waals surface area contributed by atoms with Gasteiger partial charge in [0.1, 0.15) is 6.10 Å². The van der Waals surface area contributed by atoms with Gasteiger partial charge in [0, 0.05) is 18.7 Å². The van der Waals surface area contributed by atoms with E-state index < -0.39 is 59.5 Å². The van der Waals surface area contributed by atoms with Crippen LogP contribution < -0.4 is 11.2 Å². The highest BCUT2D eigenvalue weighted by Crippen LogP contribution is 2.66. The van der Waals surface area contributed by atoms with Gasteiger partial charge in [0.15, 0.2) is 18.9 Å². The summed E-state index contributed by atoms with van der Waals surface area (Å²) in [5, 5.41) is 9.94. The molecule has 1 saturated heterocycles. The van der Waals surface area contributed by atoms with E-state index in [1.807, 2.05) is 4.98 Å². The van der Waals surface area contributed by atoms with E-state index in [1.165, 1.54) is 0 Å². The van der Waals surface area contributed by atoms with Gasteiger partial charge in [0.05, 0.1) is 0 Å². The first-order valence-electron chi connectivity index (χ1n) is 7.07. The molecule has 160 valence electrons. The molecule has 0 spiro atoms. The molecule has 1 aromatic rings. The molecule has 0 aliphatic carbocycles. The van der Waals surface area contributed by atoms with Crippen molar-refractivity contribution in [2.75, 3.05) is 6.35 Å². The number of H-pyrrole nitrogens is 1. The second kappa shape index (κ2) is 8.40. The number of phosphoric acid groups is 2. The van der Waals surface area contributed by atoms with Gasteiger partial charge in [-0.1, -0.05) is 0 Å². The molecular formula is C9H15N2O14P3. The summed E-state index contributed by atoms with van der Waals surface area (Å²) in [4.78, 5) is 60.1. The molecule has 2 rings (SSSR count). The highest BCUT2D eigenvalue weighted by molar-refractivity contribution is 7.68. The molecule has 0 radical (unpaired) electrons. The fourth-order valence-electron chi connectivity index (χ4n) is 2.11. The molecule has 2 unspecified atom stereocenters. The van der Waals surface area contributed by atoms with Crippen molar-refractivity contribution in [3.05, 3.63) is 33.1 Å². The van der Waals surface area contributed by atoms with Crippen LogP contribution in [0.4, 0.5) is 0 Å². The first-order valence-corrected chi connectivity index (χ1v) is 11.9. The van der Waals surface area contributed by atoms with Crippen molar-refractivity contribution in [2.45, 2.75) is 25.0 Å². The van der Waals surface area contributed by atoms with Crippen molar-refractivity contribution in [3.8, 4) is 0 Å². The van der Waals surface area contributed by atoms with Gasteiger partial charge in [0.2, 0.25) is 0 Å². The molecule has 6 N–H and O–H groups in total. The lowest BCUT2D eigenvalue weighted by Gasteiger charge is -2.19.